The average molecular weight is 165 g/mol. The van der Waals surface area contributed by atoms with Gasteiger partial charge in [0.15, 0.2) is 0 Å². The van der Waals surface area contributed by atoms with Gasteiger partial charge in [-0.25, -0.2) is 0 Å². The highest BCUT2D eigenvalue weighted by atomic mass is 28.3. The van der Waals surface area contributed by atoms with Crippen LogP contribution in [0.1, 0.15) is 6.92 Å². The largest absolute Gasteiger partial charge is 0.0774 e. The summed E-state index contributed by atoms with van der Waals surface area (Å²) in [7, 11) is -0.0381. The normalized spacial score (nSPS) is 20.0. The van der Waals surface area contributed by atoms with Crippen LogP contribution in [0.15, 0.2) is 24.3 Å². The molecule has 1 aliphatic rings. The number of rotatable bonds is 3. The molecule has 0 bridgehead atoms. The van der Waals surface area contributed by atoms with Gasteiger partial charge in [-0.2, -0.15) is 0 Å². The zero-order valence-electron chi connectivity index (χ0n) is 7.67. The van der Waals surface area contributed by atoms with Gasteiger partial charge in [-0.15, -0.1) is 0 Å². The standard InChI is InChI=1S/C10H17Si/c1-9(8-11(2)3)10-6-4-5-7-10/h4-7,9-10H,8H2,1-3H3. The first kappa shape index (κ1) is 8.79. The summed E-state index contributed by atoms with van der Waals surface area (Å²) in [6.45, 7) is 7.15. The first-order valence-corrected chi connectivity index (χ1v) is 7.05. The van der Waals surface area contributed by atoms with Gasteiger partial charge in [0.2, 0.25) is 0 Å². The summed E-state index contributed by atoms with van der Waals surface area (Å²) in [4.78, 5) is 0. The summed E-state index contributed by atoms with van der Waals surface area (Å²) in [6.07, 6.45) is 8.96. The monoisotopic (exact) mass is 165 g/mol. The quantitative estimate of drug-likeness (QED) is 0.564. The van der Waals surface area contributed by atoms with Crippen molar-refractivity contribution in [3.63, 3.8) is 0 Å². The lowest BCUT2D eigenvalue weighted by Crippen LogP contribution is -2.12. The minimum atomic E-state index is -0.0381. The van der Waals surface area contributed by atoms with Crippen LogP contribution in [-0.2, 0) is 0 Å². The minimum Gasteiger partial charge on any atom is -0.0774 e. The molecule has 0 amide bonds. The Kier molecular flexibility index (Phi) is 3.12. The second kappa shape index (κ2) is 3.91. The molecule has 0 saturated heterocycles. The number of hydrogen-bond acceptors (Lipinski definition) is 0. The van der Waals surface area contributed by atoms with Crippen molar-refractivity contribution in [2.75, 3.05) is 0 Å². The Hall–Kier alpha value is -0.303. The first-order chi connectivity index (χ1) is 5.20. The Morgan fingerprint density at radius 1 is 1.27 bits per heavy atom. The van der Waals surface area contributed by atoms with E-state index >= 15 is 0 Å². The third kappa shape index (κ3) is 2.66. The van der Waals surface area contributed by atoms with Gasteiger partial charge < -0.3 is 0 Å². The van der Waals surface area contributed by atoms with Crippen LogP contribution in [-0.4, -0.2) is 8.80 Å². The number of allylic oxidation sites excluding steroid dienone is 4. The van der Waals surface area contributed by atoms with Gasteiger partial charge in [0, 0.05) is 8.80 Å². The van der Waals surface area contributed by atoms with Gasteiger partial charge in [0.1, 0.15) is 0 Å². The second-order valence-electron chi connectivity index (χ2n) is 3.74. The van der Waals surface area contributed by atoms with Crippen LogP contribution in [0.4, 0.5) is 0 Å². The van der Waals surface area contributed by atoms with Gasteiger partial charge in [-0.05, 0) is 11.8 Å². The fourth-order valence-corrected chi connectivity index (χ4v) is 3.17. The van der Waals surface area contributed by atoms with Crippen LogP contribution in [0.3, 0.4) is 0 Å². The minimum absolute atomic E-state index is 0.0381. The molecule has 0 aromatic heterocycles. The smallest absolute Gasteiger partial charge is 0.0415 e. The molecular formula is C10H17Si. The van der Waals surface area contributed by atoms with Crippen LogP contribution in [0.2, 0.25) is 19.1 Å². The maximum atomic E-state index is 2.39. The predicted octanol–water partition coefficient (Wildman–Crippen LogP) is 3.12. The molecule has 0 spiro atoms. The van der Waals surface area contributed by atoms with E-state index in [1.165, 1.54) is 6.04 Å². The summed E-state index contributed by atoms with van der Waals surface area (Å²) in [6, 6.07) is 1.43. The summed E-state index contributed by atoms with van der Waals surface area (Å²) >= 11 is 0. The number of hydrogen-bond donors (Lipinski definition) is 0. The van der Waals surface area contributed by atoms with Crippen molar-refractivity contribution < 1.29 is 0 Å². The lowest BCUT2D eigenvalue weighted by atomic mass is 9.98. The molecule has 1 radical (unpaired) electrons. The van der Waals surface area contributed by atoms with Crippen LogP contribution in [0.25, 0.3) is 0 Å². The Balaban J connectivity index is 2.35. The van der Waals surface area contributed by atoms with Crippen molar-refractivity contribution >= 4 is 8.80 Å². The molecule has 1 aliphatic carbocycles. The van der Waals surface area contributed by atoms with E-state index in [1.54, 1.807) is 0 Å². The summed E-state index contributed by atoms with van der Waals surface area (Å²) in [5.74, 6) is 1.59. The fourth-order valence-electron chi connectivity index (χ4n) is 1.61. The fraction of sp³-hybridized carbons (Fsp3) is 0.600. The van der Waals surface area contributed by atoms with Crippen molar-refractivity contribution in [2.24, 2.45) is 11.8 Å². The topological polar surface area (TPSA) is 0 Å². The van der Waals surface area contributed by atoms with Crippen molar-refractivity contribution in [3.8, 4) is 0 Å². The van der Waals surface area contributed by atoms with Crippen molar-refractivity contribution in [2.45, 2.75) is 26.1 Å². The maximum absolute atomic E-state index is 2.39. The van der Waals surface area contributed by atoms with Crippen molar-refractivity contribution in [1.82, 2.24) is 0 Å². The van der Waals surface area contributed by atoms with Gasteiger partial charge >= 0.3 is 0 Å². The molecule has 1 rings (SSSR count). The second-order valence-corrected chi connectivity index (χ2v) is 6.56. The molecule has 11 heavy (non-hydrogen) atoms. The third-order valence-corrected chi connectivity index (χ3v) is 3.63. The highest BCUT2D eigenvalue weighted by molar-refractivity contribution is 6.55. The van der Waals surface area contributed by atoms with Crippen LogP contribution in [0.5, 0.6) is 0 Å². The lowest BCUT2D eigenvalue weighted by Gasteiger charge is -2.16. The molecule has 1 unspecified atom stereocenters. The van der Waals surface area contributed by atoms with Gasteiger partial charge in [-0.3, -0.25) is 0 Å². The van der Waals surface area contributed by atoms with E-state index in [9.17, 15) is 0 Å². The Morgan fingerprint density at radius 3 is 2.27 bits per heavy atom. The molecule has 1 atom stereocenters. The molecule has 0 heterocycles. The molecule has 61 valence electrons. The van der Waals surface area contributed by atoms with E-state index in [2.05, 4.69) is 44.3 Å². The molecule has 0 fully saturated rings. The van der Waals surface area contributed by atoms with Crippen molar-refractivity contribution in [3.05, 3.63) is 24.3 Å². The van der Waals surface area contributed by atoms with E-state index in [4.69, 9.17) is 0 Å². The highest BCUT2D eigenvalue weighted by Gasteiger charge is 2.14. The molecule has 0 aromatic rings. The summed E-state index contributed by atoms with van der Waals surface area (Å²) < 4.78 is 0. The van der Waals surface area contributed by atoms with Crippen LogP contribution < -0.4 is 0 Å². The van der Waals surface area contributed by atoms with E-state index in [0.29, 0.717) is 0 Å². The Bertz CT molecular complexity index is 156. The predicted molar refractivity (Wildman–Crippen MR) is 53.2 cm³/mol. The molecular weight excluding hydrogens is 148 g/mol. The van der Waals surface area contributed by atoms with Gasteiger partial charge in [0.05, 0.1) is 0 Å². The van der Waals surface area contributed by atoms with E-state index < -0.39 is 0 Å². The zero-order chi connectivity index (χ0) is 8.27. The molecule has 0 aliphatic heterocycles. The lowest BCUT2D eigenvalue weighted by molar-refractivity contribution is 0.550. The Morgan fingerprint density at radius 2 is 1.82 bits per heavy atom. The van der Waals surface area contributed by atoms with Gasteiger partial charge in [-0.1, -0.05) is 50.4 Å². The molecule has 0 saturated carbocycles. The molecule has 1 heteroatoms. The SMILES string of the molecule is CC(C[Si](C)C)C1C=CC=C1. The maximum Gasteiger partial charge on any atom is 0.0415 e. The van der Waals surface area contributed by atoms with E-state index in [1.807, 2.05) is 0 Å². The third-order valence-electron chi connectivity index (χ3n) is 2.17. The van der Waals surface area contributed by atoms with E-state index in [-0.39, 0.29) is 8.80 Å². The summed E-state index contributed by atoms with van der Waals surface area (Å²) in [5, 5.41) is 0. The molecule has 0 nitrogen and oxygen atoms in total. The molecule has 0 N–H and O–H groups in total. The molecule has 0 aromatic carbocycles. The zero-order valence-corrected chi connectivity index (χ0v) is 8.67. The first-order valence-electron chi connectivity index (χ1n) is 4.34. The Labute approximate surface area is 71.6 Å². The van der Waals surface area contributed by atoms with E-state index in [0.717, 1.165) is 11.8 Å². The van der Waals surface area contributed by atoms with Crippen LogP contribution in [0, 0.1) is 11.8 Å². The van der Waals surface area contributed by atoms with Gasteiger partial charge in [0.25, 0.3) is 0 Å². The van der Waals surface area contributed by atoms with Crippen LogP contribution >= 0.6 is 0 Å². The average Bonchev–Trinajstić information content (AvgIpc) is 2.35. The van der Waals surface area contributed by atoms with Crippen molar-refractivity contribution in [1.29, 1.82) is 0 Å². The highest BCUT2D eigenvalue weighted by Crippen LogP contribution is 2.23. The summed E-state index contributed by atoms with van der Waals surface area (Å²) in [5.41, 5.74) is 0.